The molecule has 1 unspecified atom stereocenters. The highest BCUT2D eigenvalue weighted by molar-refractivity contribution is 6.32. The molecular formula is C12H21ClN4O. The summed E-state index contributed by atoms with van der Waals surface area (Å²) >= 11 is 6.07. The minimum absolute atomic E-state index is 0.00926. The number of nitrogens with two attached hydrogens (primary N) is 1. The highest BCUT2D eigenvalue weighted by Gasteiger charge is 2.13. The van der Waals surface area contributed by atoms with Crippen molar-refractivity contribution in [2.24, 2.45) is 5.73 Å². The Bertz CT molecular complexity index is 444. The van der Waals surface area contributed by atoms with E-state index in [0.717, 1.165) is 12.8 Å². The molecule has 0 radical (unpaired) electrons. The molecule has 18 heavy (non-hydrogen) atoms. The van der Waals surface area contributed by atoms with Gasteiger partial charge in [-0.3, -0.25) is 4.79 Å². The van der Waals surface area contributed by atoms with Crippen LogP contribution in [0.15, 0.2) is 11.0 Å². The van der Waals surface area contributed by atoms with Crippen molar-refractivity contribution < 1.29 is 0 Å². The first-order valence-electron chi connectivity index (χ1n) is 6.25. The normalized spacial score (nSPS) is 12.8. The third-order valence-corrected chi connectivity index (χ3v) is 3.08. The van der Waals surface area contributed by atoms with Crippen LogP contribution in [0.2, 0.25) is 5.02 Å². The van der Waals surface area contributed by atoms with Gasteiger partial charge in [0.2, 0.25) is 0 Å². The van der Waals surface area contributed by atoms with Gasteiger partial charge in [-0.05, 0) is 20.3 Å². The van der Waals surface area contributed by atoms with Crippen LogP contribution in [-0.2, 0) is 0 Å². The number of nitrogens with one attached hydrogen (secondary N) is 1. The standard InChI is InChI=1S/C12H21ClN4O/c1-4-5-9(6-14)16-10-7-15-17(8(2)3)12(18)11(10)13/h7-9,16H,4-6,14H2,1-3H3. The predicted octanol–water partition coefficient (Wildman–Crippen LogP) is 2.02. The molecule has 0 spiro atoms. The molecule has 0 aliphatic carbocycles. The average molecular weight is 273 g/mol. The van der Waals surface area contributed by atoms with Crippen molar-refractivity contribution >= 4 is 17.3 Å². The number of aromatic nitrogens is 2. The molecule has 1 heterocycles. The lowest BCUT2D eigenvalue weighted by Crippen LogP contribution is -2.31. The maximum absolute atomic E-state index is 12.0. The number of halogens is 1. The predicted molar refractivity (Wildman–Crippen MR) is 75.3 cm³/mol. The summed E-state index contributed by atoms with van der Waals surface area (Å²) < 4.78 is 1.37. The maximum atomic E-state index is 12.0. The van der Waals surface area contributed by atoms with Gasteiger partial charge < -0.3 is 11.1 Å². The fourth-order valence-corrected chi connectivity index (χ4v) is 1.92. The molecule has 1 aromatic rings. The van der Waals surface area contributed by atoms with Gasteiger partial charge in [0.05, 0.1) is 17.9 Å². The highest BCUT2D eigenvalue weighted by atomic mass is 35.5. The van der Waals surface area contributed by atoms with Gasteiger partial charge in [0, 0.05) is 12.6 Å². The van der Waals surface area contributed by atoms with E-state index in [1.807, 2.05) is 13.8 Å². The molecule has 6 heteroatoms. The van der Waals surface area contributed by atoms with E-state index in [1.165, 1.54) is 4.68 Å². The van der Waals surface area contributed by atoms with Gasteiger partial charge in [-0.2, -0.15) is 5.10 Å². The van der Waals surface area contributed by atoms with Crippen LogP contribution in [0.3, 0.4) is 0 Å². The summed E-state index contributed by atoms with van der Waals surface area (Å²) in [5.41, 5.74) is 5.95. The number of rotatable bonds is 6. The van der Waals surface area contributed by atoms with Gasteiger partial charge in [-0.1, -0.05) is 24.9 Å². The molecule has 1 aromatic heterocycles. The first-order chi connectivity index (χ1) is 8.51. The van der Waals surface area contributed by atoms with E-state index in [4.69, 9.17) is 17.3 Å². The first-order valence-corrected chi connectivity index (χ1v) is 6.62. The van der Waals surface area contributed by atoms with Crippen LogP contribution >= 0.6 is 11.6 Å². The molecule has 1 rings (SSSR count). The van der Waals surface area contributed by atoms with Crippen molar-refractivity contribution in [2.45, 2.75) is 45.7 Å². The molecule has 1 atom stereocenters. The molecule has 102 valence electrons. The third kappa shape index (κ3) is 3.46. The Morgan fingerprint density at radius 3 is 2.72 bits per heavy atom. The largest absolute Gasteiger partial charge is 0.378 e. The molecule has 0 amide bonds. The summed E-state index contributed by atoms with van der Waals surface area (Å²) in [4.78, 5) is 12.0. The maximum Gasteiger partial charge on any atom is 0.287 e. The van der Waals surface area contributed by atoms with Gasteiger partial charge in [0.15, 0.2) is 0 Å². The Morgan fingerprint density at radius 1 is 1.56 bits per heavy atom. The quantitative estimate of drug-likeness (QED) is 0.831. The molecule has 0 bridgehead atoms. The fourth-order valence-electron chi connectivity index (χ4n) is 1.73. The minimum atomic E-state index is -0.274. The van der Waals surface area contributed by atoms with E-state index in [9.17, 15) is 4.79 Å². The molecular weight excluding hydrogens is 252 g/mol. The molecule has 0 aromatic carbocycles. The van der Waals surface area contributed by atoms with Crippen molar-refractivity contribution in [1.29, 1.82) is 0 Å². The summed E-state index contributed by atoms with van der Waals surface area (Å²) in [6.45, 7) is 6.35. The van der Waals surface area contributed by atoms with Gasteiger partial charge in [0.1, 0.15) is 5.02 Å². The van der Waals surface area contributed by atoms with E-state index < -0.39 is 0 Å². The number of nitrogens with zero attached hydrogens (tertiary/aromatic N) is 2. The van der Waals surface area contributed by atoms with Crippen LogP contribution in [0, 0.1) is 0 Å². The molecule has 0 aliphatic rings. The molecule has 5 nitrogen and oxygen atoms in total. The summed E-state index contributed by atoms with van der Waals surface area (Å²) in [5, 5.41) is 7.45. The van der Waals surface area contributed by atoms with Gasteiger partial charge in [0.25, 0.3) is 5.56 Å². The third-order valence-electron chi connectivity index (χ3n) is 2.71. The minimum Gasteiger partial charge on any atom is -0.378 e. The Balaban J connectivity index is 2.98. The van der Waals surface area contributed by atoms with E-state index >= 15 is 0 Å². The molecule has 0 aliphatic heterocycles. The lowest BCUT2D eigenvalue weighted by Gasteiger charge is -2.18. The van der Waals surface area contributed by atoms with Crippen molar-refractivity contribution in [3.8, 4) is 0 Å². The second-order valence-corrected chi connectivity index (χ2v) is 4.96. The smallest absolute Gasteiger partial charge is 0.287 e. The molecule has 0 saturated heterocycles. The Labute approximate surface area is 112 Å². The summed E-state index contributed by atoms with van der Waals surface area (Å²) in [7, 11) is 0. The van der Waals surface area contributed by atoms with E-state index in [1.54, 1.807) is 6.20 Å². The lowest BCUT2D eigenvalue weighted by molar-refractivity contribution is 0.502. The van der Waals surface area contributed by atoms with Crippen LogP contribution in [0.4, 0.5) is 5.69 Å². The van der Waals surface area contributed by atoms with Gasteiger partial charge in [-0.15, -0.1) is 0 Å². The lowest BCUT2D eigenvalue weighted by atomic mass is 10.1. The van der Waals surface area contributed by atoms with Crippen LogP contribution in [0.25, 0.3) is 0 Å². The Kier molecular flexibility index (Phi) is 5.62. The number of hydrogen-bond donors (Lipinski definition) is 2. The first kappa shape index (κ1) is 15.0. The van der Waals surface area contributed by atoms with Gasteiger partial charge >= 0.3 is 0 Å². The second-order valence-electron chi connectivity index (χ2n) is 4.58. The van der Waals surface area contributed by atoms with Crippen molar-refractivity contribution in [3.63, 3.8) is 0 Å². The molecule has 0 fully saturated rings. The van der Waals surface area contributed by atoms with E-state index in [2.05, 4.69) is 17.3 Å². The molecule has 3 N–H and O–H groups in total. The fraction of sp³-hybridized carbons (Fsp3) is 0.667. The summed E-state index contributed by atoms with van der Waals surface area (Å²) in [6.07, 6.45) is 3.53. The second kappa shape index (κ2) is 6.75. The van der Waals surface area contributed by atoms with E-state index in [-0.39, 0.29) is 22.7 Å². The Morgan fingerprint density at radius 2 is 2.22 bits per heavy atom. The monoisotopic (exact) mass is 272 g/mol. The SMILES string of the molecule is CCCC(CN)Nc1cnn(C(C)C)c(=O)c1Cl. The molecule has 0 saturated carbocycles. The zero-order valence-electron chi connectivity index (χ0n) is 11.1. The summed E-state index contributed by atoms with van der Waals surface area (Å²) in [6, 6.07) is 0.105. The van der Waals surface area contributed by atoms with Crippen molar-refractivity contribution in [3.05, 3.63) is 21.6 Å². The zero-order chi connectivity index (χ0) is 13.7. The van der Waals surface area contributed by atoms with Crippen LogP contribution in [-0.4, -0.2) is 22.4 Å². The van der Waals surface area contributed by atoms with Gasteiger partial charge in [-0.25, -0.2) is 4.68 Å². The van der Waals surface area contributed by atoms with E-state index in [0.29, 0.717) is 12.2 Å². The zero-order valence-corrected chi connectivity index (χ0v) is 11.9. The topological polar surface area (TPSA) is 72.9 Å². The summed E-state index contributed by atoms with van der Waals surface area (Å²) in [5.74, 6) is 0. The number of hydrogen-bond acceptors (Lipinski definition) is 4. The van der Waals surface area contributed by atoms with Crippen molar-refractivity contribution in [1.82, 2.24) is 9.78 Å². The van der Waals surface area contributed by atoms with Crippen LogP contribution in [0.5, 0.6) is 0 Å². The van der Waals surface area contributed by atoms with Crippen molar-refractivity contribution in [2.75, 3.05) is 11.9 Å². The number of anilines is 1. The average Bonchev–Trinajstić information content (AvgIpc) is 2.33. The highest BCUT2D eigenvalue weighted by Crippen LogP contribution is 2.18. The van der Waals surface area contributed by atoms with Crippen LogP contribution in [0.1, 0.15) is 39.7 Å². The van der Waals surface area contributed by atoms with Crippen LogP contribution < -0.4 is 16.6 Å². The Hall–Kier alpha value is -1.07.